The fraction of sp³-hybridized carbons (Fsp3) is 0.208. The first-order valence-electron chi connectivity index (χ1n) is 10.2. The molecule has 6 nitrogen and oxygen atoms in total. The zero-order chi connectivity index (χ0) is 20.3. The molecule has 3 heterocycles. The van der Waals surface area contributed by atoms with Crippen LogP contribution in [0.15, 0.2) is 79.1 Å². The van der Waals surface area contributed by atoms with Crippen molar-refractivity contribution < 1.29 is 0 Å². The molecule has 0 aliphatic carbocycles. The fourth-order valence-electron chi connectivity index (χ4n) is 3.78. The number of hydrogen-bond donors (Lipinski definition) is 0. The summed E-state index contributed by atoms with van der Waals surface area (Å²) >= 11 is 0. The van der Waals surface area contributed by atoms with Crippen LogP contribution in [0, 0.1) is 0 Å². The third-order valence-electron chi connectivity index (χ3n) is 5.53. The minimum atomic E-state index is 0.778. The van der Waals surface area contributed by atoms with Gasteiger partial charge in [0.1, 0.15) is 12.1 Å². The molecule has 0 atom stereocenters. The van der Waals surface area contributed by atoms with E-state index in [1.54, 1.807) is 6.33 Å². The molecule has 6 heteroatoms. The standard InChI is InChI=1S/C24H24N6/c1-28-12-14-29(15-13-28)23-17-24(26-18-25-23)30-22(20-10-6-3-7-11-20)16-21(27-30)19-8-4-2-5-9-19/h2-11,16-18H,12-15H2,1H3. The van der Waals surface area contributed by atoms with Crippen LogP contribution in [0.25, 0.3) is 28.3 Å². The zero-order valence-electron chi connectivity index (χ0n) is 17.0. The summed E-state index contributed by atoms with van der Waals surface area (Å²) in [6.07, 6.45) is 1.64. The van der Waals surface area contributed by atoms with Gasteiger partial charge in [-0.05, 0) is 13.1 Å². The van der Waals surface area contributed by atoms with E-state index in [0.717, 1.165) is 60.3 Å². The van der Waals surface area contributed by atoms with E-state index in [9.17, 15) is 0 Å². The van der Waals surface area contributed by atoms with Crippen molar-refractivity contribution in [1.82, 2.24) is 24.6 Å². The Hall–Kier alpha value is -3.51. The van der Waals surface area contributed by atoms with Crippen molar-refractivity contribution in [1.29, 1.82) is 0 Å². The van der Waals surface area contributed by atoms with Crippen LogP contribution in [-0.4, -0.2) is 57.9 Å². The zero-order valence-corrected chi connectivity index (χ0v) is 17.0. The van der Waals surface area contributed by atoms with E-state index in [-0.39, 0.29) is 0 Å². The lowest BCUT2D eigenvalue weighted by Gasteiger charge is -2.33. The number of aromatic nitrogens is 4. The van der Waals surface area contributed by atoms with E-state index in [0.29, 0.717) is 0 Å². The summed E-state index contributed by atoms with van der Waals surface area (Å²) in [6, 6.07) is 24.7. The predicted octanol–water partition coefficient (Wildman–Crippen LogP) is 3.75. The number of anilines is 1. The number of nitrogens with zero attached hydrogens (tertiary/aromatic N) is 6. The molecule has 1 aliphatic rings. The van der Waals surface area contributed by atoms with E-state index >= 15 is 0 Å². The molecule has 30 heavy (non-hydrogen) atoms. The Morgan fingerprint density at radius 3 is 2.03 bits per heavy atom. The Morgan fingerprint density at radius 2 is 1.33 bits per heavy atom. The van der Waals surface area contributed by atoms with Crippen LogP contribution in [0.1, 0.15) is 0 Å². The second-order valence-electron chi connectivity index (χ2n) is 7.58. The summed E-state index contributed by atoms with van der Waals surface area (Å²) in [6.45, 7) is 4.00. The Morgan fingerprint density at radius 1 is 0.700 bits per heavy atom. The van der Waals surface area contributed by atoms with Gasteiger partial charge in [0.2, 0.25) is 0 Å². The first-order valence-corrected chi connectivity index (χ1v) is 10.2. The van der Waals surface area contributed by atoms with Crippen LogP contribution >= 0.6 is 0 Å². The van der Waals surface area contributed by atoms with Gasteiger partial charge in [-0.15, -0.1) is 0 Å². The van der Waals surface area contributed by atoms with Crippen LogP contribution in [0.2, 0.25) is 0 Å². The second kappa shape index (κ2) is 8.08. The highest BCUT2D eigenvalue weighted by molar-refractivity contribution is 5.70. The lowest BCUT2D eigenvalue weighted by atomic mass is 10.1. The van der Waals surface area contributed by atoms with Gasteiger partial charge in [0.25, 0.3) is 0 Å². The molecule has 0 unspecified atom stereocenters. The van der Waals surface area contributed by atoms with Crippen molar-refractivity contribution >= 4 is 5.82 Å². The first-order chi connectivity index (χ1) is 14.8. The molecule has 150 valence electrons. The maximum atomic E-state index is 4.93. The number of rotatable bonds is 4. The second-order valence-corrected chi connectivity index (χ2v) is 7.58. The van der Waals surface area contributed by atoms with Gasteiger partial charge in [0.05, 0.1) is 11.4 Å². The molecule has 2 aromatic heterocycles. The first kappa shape index (κ1) is 18.5. The number of likely N-dealkylation sites (N-methyl/N-ethyl adjacent to an activating group) is 1. The van der Waals surface area contributed by atoms with E-state index in [1.165, 1.54) is 0 Å². The highest BCUT2D eigenvalue weighted by Gasteiger charge is 2.18. The smallest absolute Gasteiger partial charge is 0.159 e. The number of piperazine rings is 1. The summed E-state index contributed by atoms with van der Waals surface area (Å²) < 4.78 is 1.93. The molecule has 0 N–H and O–H groups in total. The van der Waals surface area contributed by atoms with Gasteiger partial charge < -0.3 is 9.80 Å². The van der Waals surface area contributed by atoms with Gasteiger partial charge >= 0.3 is 0 Å². The van der Waals surface area contributed by atoms with Crippen molar-refractivity contribution in [2.24, 2.45) is 0 Å². The van der Waals surface area contributed by atoms with Gasteiger partial charge in [-0.1, -0.05) is 60.7 Å². The molecule has 1 aliphatic heterocycles. The molecule has 1 fully saturated rings. The van der Waals surface area contributed by atoms with E-state index in [2.05, 4.69) is 57.1 Å². The lowest BCUT2D eigenvalue weighted by molar-refractivity contribution is 0.312. The van der Waals surface area contributed by atoms with Crippen molar-refractivity contribution in [3.63, 3.8) is 0 Å². The maximum absolute atomic E-state index is 4.93. The molecule has 2 aromatic carbocycles. The Bertz CT molecular complexity index is 1110. The summed E-state index contributed by atoms with van der Waals surface area (Å²) in [5.74, 6) is 1.73. The quantitative estimate of drug-likeness (QED) is 0.526. The number of hydrogen-bond acceptors (Lipinski definition) is 5. The maximum Gasteiger partial charge on any atom is 0.159 e. The van der Waals surface area contributed by atoms with E-state index < -0.39 is 0 Å². The van der Waals surface area contributed by atoms with Gasteiger partial charge in [-0.2, -0.15) is 5.10 Å². The lowest BCUT2D eigenvalue weighted by Crippen LogP contribution is -2.44. The van der Waals surface area contributed by atoms with Gasteiger partial charge in [-0.3, -0.25) is 0 Å². The van der Waals surface area contributed by atoms with Gasteiger partial charge in [0, 0.05) is 43.4 Å². The average Bonchev–Trinajstić information content (AvgIpc) is 3.27. The third kappa shape index (κ3) is 3.69. The molecule has 0 bridgehead atoms. The van der Waals surface area contributed by atoms with Crippen LogP contribution < -0.4 is 4.90 Å². The normalized spacial score (nSPS) is 14.8. The minimum Gasteiger partial charge on any atom is -0.354 e. The van der Waals surface area contributed by atoms with Crippen molar-refractivity contribution in [2.75, 3.05) is 38.1 Å². The molecule has 5 rings (SSSR count). The molecule has 0 saturated carbocycles. The van der Waals surface area contributed by atoms with Gasteiger partial charge in [0.15, 0.2) is 5.82 Å². The minimum absolute atomic E-state index is 0.778. The van der Waals surface area contributed by atoms with Crippen molar-refractivity contribution in [3.8, 4) is 28.3 Å². The fourth-order valence-corrected chi connectivity index (χ4v) is 3.78. The predicted molar refractivity (Wildman–Crippen MR) is 120 cm³/mol. The van der Waals surface area contributed by atoms with Crippen LogP contribution in [0.4, 0.5) is 5.82 Å². The SMILES string of the molecule is CN1CCN(c2cc(-n3nc(-c4ccccc4)cc3-c3ccccc3)ncn2)CC1. The molecule has 0 radical (unpaired) electrons. The molecule has 1 saturated heterocycles. The Labute approximate surface area is 176 Å². The molecular weight excluding hydrogens is 372 g/mol. The summed E-state index contributed by atoms with van der Waals surface area (Å²) in [4.78, 5) is 13.8. The van der Waals surface area contributed by atoms with Crippen LogP contribution in [-0.2, 0) is 0 Å². The number of benzene rings is 2. The van der Waals surface area contributed by atoms with Crippen molar-refractivity contribution in [2.45, 2.75) is 0 Å². The van der Waals surface area contributed by atoms with Crippen LogP contribution in [0.3, 0.4) is 0 Å². The molecule has 4 aromatic rings. The highest BCUT2D eigenvalue weighted by atomic mass is 15.3. The molecule has 0 spiro atoms. The summed E-state index contributed by atoms with van der Waals surface area (Å²) in [5.41, 5.74) is 4.13. The van der Waals surface area contributed by atoms with Crippen molar-refractivity contribution in [3.05, 3.63) is 79.1 Å². The Balaban J connectivity index is 1.58. The topological polar surface area (TPSA) is 50.1 Å². The Kier molecular flexibility index (Phi) is 4.99. The van der Waals surface area contributed by atoms with E-state index in [4.69, 9.17) is 5.10 Å². The van der Waals surface area contributed by atoms with E-state index in [1.807, 2.05) is 47.1 Å². The average molecular weight is 396 g/mol. The van der Waals surface area contributed by atoms with Gasteiger partial charge in [-0.25, -0.2) is 14.6 Å². The largest absolute Gasteiger partial charge is 0.354 e. The highest BCUT2D eigenvalue weighted by Crippen LogP contribution is 2.28. The summed E-state index contributed by atoms with van der Waals surface area (Å²) in [5, 5.41) is 4.93. The molecule has 0 amide bonds. The summed E-state index contributed by atoms with van der Waals surface area (Å²) in [7, 11) is 2.16. The molecular formula is C24H24N6. The van der Waals surface area contributed by atoms with Crippen LogP contribution in [0.5, 0.6) is 0 Å². The third-order valence-corrected chi connectivity index (χ3v) is 5.53. The monoisotopic (exact) mass is 396 g/mol.